The van der Waals surface area contributed by atoms with Crippen molar-refractivity contribution in [1.29, 1.82) is 0 Å². The van der Waals surface area contributed by atoms with Gasteiger partial charge in [0.2, 0.25) is 5.91 Å². The van der Waals surface area contributed by atoms with Crippen molar-refractivity contribution in [3.05, 3.63) is 27.0 Å². The summed E-state index contributed by atoms with van der Waals surface area (Å²) in [5.41, 5.74) is 2.35. The number of carbonyl (C=O) groups is 1. The highest BCUT2D eigenvalue weighted by atomic mass is 16.5. The number of amides is 1. The van der Waals surface area contributed by atoms with Gasteiger partial charge in [0.25, 0.3) is 0 Å². The molecule has 0 radical (unpaired) electrons. The fourth-order valence-electron chi connectivity index (χ4n) is 2.34. The van der Waals surface area contributed by atoms with Gasteiger partial charge in [-0.05, 0) is 25.7 Å². The minimum absolute atomic E-state index is 0.00838. The van der Waals surface area contributed by atoms with Gasteiger partial charge in [0.15, 0.2) is 11.3 Å². The van der Waals surface area contributed by atoms with Crippen LogP contribution in [0.4, 0.5) is 0 Å². The Morgan fingerprint density at radius 1 is 1.39 bits per heavy atom. The predicted molar refractivity (Wildman–Crippen MR) is 67.8 cm³/mol. The number of hydrogen-bond acceptors (Lipinski definition) is 3. The molecular weight excluding hydrogens is 232 g/mol. The van der Waals surface area contributed by atoms with Crippen LogP contribution in [0, 0.1) is 0 Å². The van der Waals surface area contributed by atoms with E-state index in [1.165, 1.54) is 14.0 Å². The topological polar surface area (TPSA) is 71.2 Å². The van der Waals surface area contributed by atoms with Crippen LogP contribution in [0.1, 0.15) is 36.6 Å². The Hall–Kier alpha value is -1.78. The minimum Gasteiger partial charge on any atom is -0.482 e. The Kier molecular flexibility index (Phi) is 3.69. The summed E-state index contributed by atoms with van der Waals surface area (Å²) < 4.78 is 5.22. The Labute approximate surface area is 106 Å². The molecule has 2 N–H and O–H groups in total. The Balaban J connectivity index is 2.43. The number of H-pyrrole nitrogens is 1. The molecule has 5 nitrogen and oxygen atoms in total. The van der Waals surface area contributed by atoms with E-state index in [9.17, 15) is 9.59 Å². The summed E-state index contributed by atoms with van der Waals surface area (Å²) in [4.78, 5) is 26.5. The molecular formula is C13H18N2O3. The van der Waals surface area contributed by atoms with Gasteiger partial charge in [-0.15, -0.1) is 0 Å². The van der Waals surface area contributed by atoms with Crippen molar-refractivity contribution in [3.8, 4) is 5.88 Å². The first-order valence-corrected chi connectivity index (χ1v) is 6.18. The molecule has 0 fully saturated rings. The van der Waals surface area contributed by atoms with Crippen LogP contribution in [0.25, 0.3) is 0 Å². The largest absolute Gasteiger partial charge is 0.482 e. The van der Waals surface area contributed by atoms with Crippen molar-refractivity contribution >= 4 is 5.91 Å². The molecule has 18 heavy (non-hydrogen) atoms. The SMILES string of the molecule is COc1[nH]c2c(c(=O)c1CNC(C)=O)CCCC2. The number of nitrogens with one attached hydrogen (secondary N) is 2. The molecule has 0 saturated heterocycles. The molecule has 98 valence electrons. The molecule has 0 saturated carbocycles. The zero-order valence-electron chi connectivity index (χ0n) is 10.8. The van der Waals surface area contributed by atoms with Gasteiger partial charge in [0, 0.05) is 18.2 Å². The van der Waals surface area contributed by atoms with E-state index in [0.717, 1.165) is 36.9 Å². The van der Waals surface area contributed by atoms with Gasteiger partial charge >= 0.3 is 0 Å². The molecule has 1 heterocycles. The molecule has 0 spiro atoms. The summed E-state index contributed by atoms with van der Waals surface area (Å²) in [6.45, 7) is 1.64. The van der Waals surface area contributed by atoms with Gasteiger partial charge in [0.1, 0.15) is 0 Å². The zero-order chi connectivity index (χ0) is 13.1. The third kappa shape index (κ3) is 2.39. The fraction of sp³-hybridized carbons (Fsp3) is 0.538. The molecule has 1 aromatic heterocycles. The Bertz CT molecular complexity index is 520. The number of pyridine rings is 1. The van der Waals surface area contributed by atoms with E-state index >= 15 is 0 Å². The van der Waals surface area contributed by atoms with Crippen LogP contribution in [0.5, 0.6) is 5.88 Å². The molecule has 1 amide bonds. The first-order valence-electron chi connectivity index (χ1n) is 6.18. The number of hydrogen-bond donors (Lipinski definition) is 2. The van der Waals surface area contributed by atoms with Crippen LogP contribution in [-0.4, -0.2) is 18.0 Å². The Morgan fingerprint density at radius 3 is 2.78 bits per heavy atom. The highest BCUT2D eigenvalue weighted by molar-refractivity contribution is 5.72. The molecule has 0 aliphatic heterocycles. The molecule has 0 atom stereocenters. The van der Waals surface area contributed by atoms with Gasteiger partial charge in [-0.3, -0.25) is 9.59 Å². The summed E-state index contributed by atoms with van der Waals surface area (Å²) in [6, 6.07) is 0. The van der Waals surface area contributed by atoms with E-state index in [-0.39, 0.29) is 17.9 Å². The quantitative estimate of drug-likeness (QED) is 0.837. The number of aryl methyl sites for hydroxylation is 1. The predicted octanol–water partition coefficient (Wildman–Crippen LogP) is 0.898. The van der Waals surface area contributed by atoms with Crippen LogP contribution in [-0.2, 0) is 24.2 Å². The number of fused-ring (bicyclic) bond motifs is 1. The number of carbonyl (C=O) groups excluding carboxylic acids is 1. The molecule has 2 rings (SSSR count). The average molecular weight is 250 g/mol. The van der Waals surface area contributed by atoms with E-state index in [0.29, 0.717) is 11.4 Å². The van der Waals surface area contributed by atoms with E-state index < -0.39 is 0 Å². The van der Waals surface area contributed by atoms with Crippen molar-refractivity contribution < 1.29 is 9.53 Å². The van der Waals surface area contributed by atoms with Gasteiger partial charge in [0.05, 0.1) is 19.2 Å². The fourth-order valence-corrected chi connectivity index (χ4v) is 2.34. The summed E-state index contributed by atoms with van der Waals surface area (Å²) in [5, 5.41) is 2.65. The molecule has 5 heteroatoms. The van der Waals surface area contributed by atoms with Crippen molar-refractivity contribution in [2.75, 3.05) is 7.11 Å². The zero-order valence-corrected chi connectivity index (χ0v) is 10.8. The molecule has 0 unspecified atom stereocenters. The van der Waals surface area contributed by atoms with Crippen LogP contribution in [0.3, 0.4) is 0 Å². The van der Waals surface area contributed by atoms with Gasteiger partial charge in [-0.25, -0.2) is 0 Å². The lowest BCUT2D eigenvalue weighted by Gasteiger charge is -2.18. The lowest BCUT2D eigenvalue weighted by molar-refractivity contribution is -0.119. The maximum absolute atomic E-state index is 12.4. The number of aromatic nitrogens is 1. The van der Waals surface area contributed by atoms with E-state index in [4.69, 9.17) is 4.74 Å². The number of aromatic amines is 1. The van der Waals surface area contributed by atoms with Gasteiger partial charge in [-0.2, -0.15) is 0 Å². The number of ether oxygens (including phenoxy) is 1. The van der Waals surface area contributed by atoms with Gasteiger partial charge in [-0.1, -0.05) is 0 Å². The third-order valence-corrected chi connectivity index (χ3v) is 3.27. The second-order valence-corrected chi connectivity index (χ2v) is 4.54. The molecule has 1 aliphatic carbocycles. The lowest BCUT2D eigenvalue weighted by Crippen LogP contribution is -2.28. The van der Waals surface area contributed by atoms with Crippen molar-refractivity contribution in [1.82, 2.24) is 10.3 Å². The normalized spacial score (nSPS) is 13.9. The van der Waals surface area contributed by atoms with Crippen LogP contribution in [0.15, 0.2) is 4.79 Å². The lowest BCUT2D eigenvalue weighted by atomic mass is 9.94. The number of rotatable bonds is 3. The average Bonchev–Trinajstić information content (AvgIpc) is 2.37. The van der Waals surface area contributed by atoms with E-state index in [1.807, 2.05) is 0 Å². The van der Waals surface area contributed by atoms with Crippen LogP contribution >= 0.6 is 0 Å². The summed E-state index contributed by atoms with van der Waals surface area (Å²) in [6.07, 6.45) is 3.84. The summed E-state index contributed by atoms with van der Waals surface area (Å²) in [5.74, 6) is 0.309. The maximum atomic E-state index is 12.4. The summed E-state index contributed by atoms with van der Waals surface area (Å²) >= 11 is 0. The van der Waals surface area contributed by atoms with Crippen molar-refractivity contribution in [2.45, 2.75) is 39.2 Å². The van der Waals surface area contributed by atoms with E-state index in [1.54, 1.807) is 0 Å². The number of methoxy groups -OCH3 is 1. The van der Waals surface area contributed by atoms with Crippen molar-refractivity contribution in [3.63, 3.8) is 0 Å². The van der Waals surface area contributed by atoms with E-state index in [2.05, 4.69) is 10.3 Å². The smallest absolute Gasteiger partial charge is 0.217 e. The van der Waals surface area contributed by atoms with Crippen LogP contribution in [0.2, 0.25) is 0 Å². The molecule has 0 aromatic carbocycles. The Morgan fingerprint density at radius 2 is 2.11 bits per heavy atom. The maximum Gasteiger partial charge on any atom is 0.217 e. The second-order valence-electron chi connectivity index (χ2n) is 4.54. The molecule has 1 aliphatic rings. The second kappa shape index (κ2) is 5.25. The first kappa shape index (κ1) is 12.7. The standard InChI is InChI=1S/C13H18N2O3/c1-8(16)14-7-10-12(17)9-5-3-4-6-11(9)15-13(10)18-2/h3-7H2,1-2H3,(H,14,16)(H,15,17). The highest BCUT2D eigenvalue weighted by Gasteiger charge is 2.19. The molecule has 0 bridgehead atoms. The minimum atomic E-state index is -0.158. The monoisotopic (exact) mass is 250 g/mol. The first-order chi connectivity index (χ1) is 8.63. The van der Waals surface area contributed by atoms with Crippen molar-refractivity contribution in [2.24, 2.45) is 0 Å². The summed E-state index contributed by atoms with van der Waals surface area (Å²) in [7, 11) is 1.53. The highest BCUT2D eigenvalue weighted by Crippen LogP contribution is 2.21. The van der Waals surface area contributed by atoms with Crippen LogP contribution < -0.4 is 15.5 Å². The van der Waals surface area contributed by atoms with Gasteiger partial charge < -0.3 is 15.0 Å². The molecule has 1 aromatic rings. The third-order valence-electron chi connectivity index (χ3n) is 3.27.